The molecule has 128 valence electrons. The van der Waals surface area contributed by atoms with Crippen molar-refractivity contribution in [1.82, 2.24) is 4.31 Å². The van der Waals surface area contributed by atoms with E-state index in [2.05, 4.69) is 0 Å². The molecule has 7 heteroatoms. The lowest BCUT2D eigenvalue weighted by molar-refractivity contribution is -0.917. The first-order valence-corrected chi connectivity index (χ1v) is 9.23. The van der Waals surface area contributed by atoms with E-state index in [9.17, 15) is 17.2 Å². The molecule has 0 aromatic heterocycles. The van der Waals surface area contributed by atoms with Crippen molar-refractivity contribution in [2.75, 3.05) is 26.2 Å². The SMILES string of the molecule is O=S(=O)(c1cccc(F)c1)N1CC[NH+](Cc2ccccc2F)CC1. The van der Waals surface area contributed by atoms with Crippen LogP contribution in [0, 0.1) is 11.6 Å². The van der Waals surface area contributed by atoms with E-state index in [1.165, 1.54) is 28.6 Å². The molecule has 24 heavy (non-hydrogen) atoms. The highest BCUT2D eigenvalue weighted by Crippen LogP contribution is 2.16. The monoisotopic (exact) mass is 353 g/mol. The number of nitrogens with zero attached hydrogens (tertiary/aromatic N) is 1. The minimum atomic E-state index is -3.68. The van der Waals surface area contributed by atoms with Crippen molar-refractivity contribution in [2.24, 2.45) is 0 Å². The standard InChI is InChI=1S/C17H18F2N2O2S/c18-15-5-3-6-16(12-15)24(22,23)21-10-8-20(9-11-21)13-14-4-1-2-7-17(14)19/h1-7,12H,8-11,13H2/p+1. The van der Waals surface area contributed by atoms with Gasteiger partial charge in [-0.15, -0.1) is 0 Å². The molecule has 0 atom stereocenters. The van der Waals surface area contributed by atoms with Crippen LogP contribution in [0.25, 0.3) is 0 Å². The summed E-state index contributed by atoms with van der Waals surface area (Å²) in [4.78, 5) is 1.10. The number of nitrogens with one attached hydrogen (secondary N) is 1. The molecule has 1 heterocycles. The molecule has 0 saturated carbocycles. The van der Waals surface area contributed by atoms with Crippen LogP contribution in [0.4, 0.5) is 8.78 Å². The molecule has 1 N–H and O–H groups in total. The summed E-state index contributed by atoms with van der Waals surface area (Å²) in [5, 5.41) is 0. The molecule has 0 bridgehead atoms. The van der Waals surface area contributed by atoms with Crippen LogP contribution in [0.1, 0.15) is 5.56 Å². The van der Waals surface area contributed by atoms with Crippen LogP contribution in [0.3, 0.4) is 0 Å². The largest absolute Gasteiger partial charge is 0.329 e. The van der Waals surface area contributed by atoms with Crippen molar-refractivity contribution < 1.29 is 22.1 Å². The molecule has 4 nitrogen and oxygen atoms in total. The summed E-state index contributed by atoms with van der Waals surface area (Å²) < 4.78 is 53.5. The second-order valence-electron chi connectivity index (χ2n) is 5.88. The van der Waals surface area contributed by atoms with Gasteiger partial charge in [-0.05, 0) is 24.3 Å². The zero-order chi connectivity index (χ0) is 17.2. The Balaban J connectivity index is 1.65. The molecule has 2 aromatic carbocycles. The summed E-state index contributed by atoms with van der Waals surface area (Å²) in [6.45, 7) is 2.37. The van der Waals surface area contributed by atoms with Crippen LogP contribution in [0.2, 0.25) is 0 Å². The Morgan fingerprint density at radius 1 is 1.00 bits per heavy atom. The molecule has 1 saturated heterocycles. The van der Waals surface area contributed by atoms with Gasteiger partial charge < -0.3 is 4.90 Å². The van der Waals surface area contributed by atoms with Gasteiger partial charge in [-0.25, -0.2) is 17.2 Å². The minimum absolute atomic E-state index is 0.0277. The van der Waals surface area contributed by atoms with Crippen LogP contribution in [-0.4, -0.2) is 38.9 Å². The van der Waals surface area contributed by atoms with Gasteiger partial charge in [0.25, 0.3) is 0 Å². The fourth-order valence-corrected chi connectivity index (χ4v) is 4.38. The summed E-state index contributed by atoms with van der Waals surface area (Å²) in [5.74, 6) is -0.806. The van der Waals surface area contributed by atoms with Gasteiger partial charge in [0.05, 0.1) is 31.1 Å². The Hall–Kier alpha value is -1.83. The maximum Gasteiger partial charge on any atom is 0.243 e. The van der Waals surface area contributed by atoms with Crippen molar-refractivity contribution in [3.63, 3.8) is 0 Å². The second-order valence-corrected chi connectivity index (χ2v) is 7.82. The molecule has 0 spiro atoms. The van der Waals surface area contributed by atoms with Gasteiger partial charge in [-0.2, -0.15) is 4.31 Å². The van der Waals surface area contributed by atoms with Gasteiger partial charge in [0.15, 0.2) is 0 Å². The lowest BCUT2D eigenvalue weighted by Gasteiger charge is -2.31. The number of benzene rings is 2. The van der Waals surface area contributed by atoms with Gasteiger partial charge in [0.2, 0.25) is 10.0 Å². The van der Waals surface area contributed by atoms with Crippen LogP contribution in [0.5, 0.6) is 0 Å². The van der Waals surface area contributed by atoms with Crippen molar-refractivity contribution in [3.8, 4) is 0 Å². The van der Waals surface area contributed by atoms with E-state index in [0.29, 0.717) is 38.3 Å². The first-order valence-electron chi connectivity index (χ1n) is 7.79. The smallest absolute Gasteiger partial charge is 0.243 e. The lowest BCUT2D eigenvalue weighted by Crippen LogP contribution is -3.13. The number of halogens is 2. The molecule has 0 radical (unpaired) electrons. The van der Waals surface area contributed by atoms with Gasteiger partial charge >= 0.3 is 0 Å². The fourth-order valence-electron chi connectivity index (χ4n) is 2.91. The van der Waals surface area contributed by atoms with Gasteiger partial charge in [-0.1, -0.05) is 24.3 Å². The van der Waals surface area contributed by atoms with E-state index in [0.717, 1.165) is 11.0 Å². The van der Waals surface area contributed by atoms with Crippen LogP contribution >= 0.6 is 0 Å². The number of sulfonamides is 1. The predicted molar refractivity (Wildman–Crippen MR) is 86.0 cm³/mol. The number of hydrogen-bond donors (Lipinski definition) is 1. The van der Waals surface area contributed by atoms with Crippen molar-refractivity contribution >= 4 is 10.0 Å². The van der Waals surface area contributed by atoms with Crippen LogP contribution < -0.4 is 4.90 Å². The maximum absolute atomic E-state index is 13.7. The molecule has 0 amide bonds. The van der Waals surface area contributed by atoms with Gasteiger partial charge in [0.1, 0.15) is 18.2 Å². The first-order chi connectivity index (χ1) is 11.5. The Morgan fingerprint density at radius 3 is 2.38 bits per heavy atom. The Morgan fingerprint density at radius 2 is 1.71 bits per heavy atom. The number of quaternary nitrogens is 1. The number of rotatable bonds is 4. The van der Waals surface area contributed by atoms with E-state index in [1.807, 2.05) is 0 Å². The summed E-state index contributed by atoms with van der Waals surface area (Å²) in [6.07, 6.45) is 0. The summed E-state index contributed by atoms with van der Waals surface area (Å²) in [7, 11) is -3.68. The third-order valence-corrected chi connectivity index (χ3v) is 6.16. The average Bonchev–Trinajstić information content (AvgIpc) is 2.57. The van der Waals surface area contributed by atoms with E-state index in [4.69, 9.17) is 0 Å². The number of hydrogen-bond acceptors (Lipinski definition) is 2. The van der Waals surface area contributed by atoms with Gasteiger partial charge in [0, 0.05) is 5.56 Å². The molecule has 1 fully saturated rings. The molecular weight excluding hydrogens is 334 g/mol. The quantitative estimate of drug-likeness (QED) is 0.893. The summed E-state index contributed by atoms with van der Waals surface area (Å²) in [5.41, 5.74) is 0.633. The Labute approximate surface area is 140 Å². The highest BCUT2D eigenvalue weighted by atomic mass is 32.2. The minimum Gasteiger partial charge on any atom is -0.329 e. The Bertz CT molecular complexity index is 819. The number of piperazine rings is 1. The van der Waals surface area contributed by atoms with Crippen LogP contribution in [-0.2, 0) is 16.6 Å². The third-order valence-electron chi connectivity index (χ3n) is 4.26. The van der Waals surface area contributed by atoms with Crippen molar-refractivity contribution in [3.05, 3.63) is 65.7 Å². The van der Waals surface area contributed by atoms with E-state index < -0.39 is 15.8 Å². The van der Waals surface area contributed by atoms with Gasteiger partial charge in [-0.3, -0.25) is 0 Å². The molecular formula is C17H19F2N2O2S+. The predicted octanol–water partition coefficient (Wildman–Crippen LogP) is 1.05. The van der Waals surface area contributed by atoms with Crippen LogP contribution in [0.15, 0.2) is 53.4 Å². The molecule has 2 aromatic rings. The lowest BCUT2D eigenvalue weighted by atomic mass is 10.2. The fraction of sp³-hybridized carbons (Fsp3) is 0.294. The highest BCUT2D eigenvalue weighted by Gasteiger charge is 2.30. The Kier molecular flexibility index (Phi) is 4.93. The molecule has 0 aliphatic carbocycles. The topological polar surface area (TPSA) is 41.8 Å². The molecule has 3 rings (SSSR count). The summed E-state index contributed by atoms with van der Waals surface area (Å²) in [6, 6.07) is 11.7. The first kappa shape index (κ1) is 17.0. The molecule has 0 unspecified atom stereocenters. The molecule has 1 aliphatic heterocycles. The molecule has 1 aliphatic rings. The highest BCUT2D eigenvalue weighted by molar-refractivity contribution is 7.89. The maximum atomic E-state index is 13.7. The van der Waals surface area contributed by atoms with E-state index in [-0.39, 0.29) is 10.7 Å². The third kappa shape index (κ3) is 3.63. The van der Waals surface area contributed by atoms with E-state index in [1.54, 1.807) is 18.2 Å². The average molecular weight is 353 g/mol. The second kappa shape index (κ2) is 6.96. The van der Waals surface area contributed by atoms with Crippen molar-refractivity contribution in [1.29, 1.82) is 0 Å². The normalized spacial score (nSPS) is 17.1. The summed E-state index contributed by atoms with van der Waals surface area (Å²) >= 11 is 0. The zero-order valence-corrected chi connectivity index (χ0v) is 13.9. The zero-order valence-electron chi connectivity index (χ0n) is 13.1. The van der Waals surface area contributed by atoms with Crippen molar-refractivity contribution in [2.45, 2.75) is 11.4 Å². The van der Waals surface area contributed by atoms with E-state index >= 15 is 0 Å².